The Labute approximate surface area is 102 Å². The number of hydrogen-bond acceptors (Lipinski definition) is 5. The third-order valence-corrected chi connectivity index (χ3v) is 3.32. The predicted octanol–water partition coefficient (Wildman–Crippen LogP) is 2.11. The van der Waals surface area contributed by atoms with Crippen LogP contribution in [0.25, 0.3) is 0 Å². The van der Waals surface area contributed by atoms with Crippen LogP contribution in [0.4, 0.5) is 5.95 Å². The van der Waals surface area contributed by atoms with E-state index in [4.69, 9.17) is 10.3 Å². The summed E-state index contributed by atoms with van der Waals surface area (Å²) in [7, 11) is 0. The van der Waals surface area contributed by atoms with Gasteiger partial charge in [-0.1, -0.05) is 26.7 Å². The third kappa shape index (κ3) is 2.97. The molecule has 0 radical (unpaired) electrons. The van der Waals surface area contributed by atoms with E-state index in [9.17, 15) is 0 Å². The molecule has 1 saturated heterocycles. The second kappa shape index (κ2) is 5.49. The quantitative estimate of drug-likeness (QED) is 0.873. The van der Waals surface area contributed by atoms with Crippen molar-refractivity contribution in [2.45, 2.75) is 45.6 Å². The molecule has 96 valence electrons. The van der Waals surface area contributed by atoms with Crippen molar-refractivity contribution >= 4 is 5.95 Å². The Hall–Kier alpha value is -1.10. The maximum absolute atomic E-state index is 6.00. The van der Waals surface area contributed by atoms with Crippen LogP contribution in [-0.2, 0) is 0 Å². The van der Waals surface area contributed by atoms with Crippen molar-refractivity contribution in [2.75, 3.05) is 18.0 Å². The molecule has 0 spiro atoms. The molecular weight excluding hydrogens is 216 g/mol. The average molecular weight is 238 g/mol. The molecule has 1 unspecified atom stereocenters. The maximum Gasteiger partial charge on any atom is 0.266 e. The van der Waals surface area contributed by atoms with Crippen LogP contribution >= 0.6 is 0 Å². The standard InChI is InChI=1S/C12H22N4O/c1-9(2)10(13)11-14-12(15-17-11)16-7-5-3-4-6-8-16/h9-10H,3-8,13H2,1-2H3. The SMILES string of the molecule is CC(C)C(N)c1nc(N2CCCCCC2)no1. The minimum absolute atomic E-state index is 0.164. The lowest BCUT2D eigenvalue weighted by Gasteiger charge is -2.16. The Balaban J connectivity index is 2.06. The normalized spacial score (nSPS) is 19.4. The third-order valence-electron chi connectivity index (χ3n) is 3.32. The zero-order valence-electron chi connectivity index (χ0n) is 10.7. The highest BCUT2D eigenvalue weighted by atomic mass is 16.5. The molecule has 1 aliphatic heterocycles. The van der Waals surface area contributed by atoms with Gasteiger partial charge in [0.1, 0.15) is 0 Å². The van der Waals surface area contributed by atoms with Gasteiger partial charge in [-0.25, -0.2) is 0 Å². The molecule has 2 rings (SSSR count). The summed E-state index contributed by atoms with van der Waals surface area (Å²) >= 11 is 0. The Morgan fingerprint density at radius 3 is 2.41 bits per heavy atom. The molecule has 0 saturated carbocycles. The summed E-state index contributed by atoms with van der Waals surface area (Å²) < 4.78 is 5.25. The number of aromatic nitrogens is 2. The first-order chi connectivity index (χ1) is 8.18. The van der Waals surface area contributed by atoms with Gasteiger partial charge >= 0.3 is 0 Å². The van der Waals surface area contributed by atoms with Gasteiger partial charge in [-0.15, -0.1) is 0 Å². The molecule has 17 heavy (non-hydrogen) atoms. The second-order valence-electron chi connectivity index (χ2n) is 5.10. The summed E-state index contributed by atoms with van der Waals surface area (Å²) in [5.41, 5.74) is 6.00. The Bertz CT molecular complexity index is 342. The molecule has 0 aromatic carbocycles. The smallest absolute Gasteiger partial charge is 0.266 e. The van der Waals surface area contributed by atoms with Gasteiger partial charge in [0, 0.05) is 13.1 Å². The minimum Gasteiger partial charge on any atom is -0.338 e. The van der Waals surface area contributed by atoms with Crippen molar-refractivity contribution in [3.05, 3.63) is 5.89 Å². The summed E-state index contributed by atoms with van der Waals surface area (Å²) in [6.45, 7) is 6.16. The number of anilines is 1. The van der Waals surface area contributed by atoms with Crippen molar-refractivity contribution in [2.24, 2.45) is 11.7 Å². The molecule has 2 N–H and O–H groups in total. The highest BCUT2D eigenvalue weighted by Gasteiger charge is 2.21. The van der Waals surface area contributed by atoms with E-state index >= 15 is 0 Å². The van der Waals surface area contributed by atoms with Crippen LogP contribution in [0.1, 0.15) is 51.5 Å². The fourth-order valence-corrected chi connectivity index (χ4v) is 2.05. The van der Waals surface area contributed by atoms with Crippen LogP contribution in [0.5, 0.6) is 0 Å². The van der Waals surface area contributed by atoms with E-state index in [-0.39, 0.29) is 6.04 Å². The van der Waals surface area contributed by atoms with Gasteiger partial charge in [-0.05, 0) is 23.9 Å². The van der Waals surface area contributed by atoms with E-state index < -0.39 is 0 Å². The highest BCUT2D eigenvalue weighted by Crippen LogP contribution is 2.21. The zero-order chi connectivity index (χ0) is 12.3. The summed E-state index contributed by atoms with van der Waals surface area (Å²) in [4.78, 5) is 6.62. The fraction of sp³-hybridized carbons (Fsp3) is 0.833. The highest BCUT2D eigenvalue weighted by molar-refractivity contribution is 5.28. The second-order valence-corrected chi connectivity index (χ2v) is 5.10. The number of nitrogens with zero attached hydrogens (tertiary/aromatic N) is 3. The van der Waals surface area contributed by atoms with Gasteiger partial charge in [-0.2, -0.15) is 4.98 Å². The molecule has 1 aromatic rings. The number of hydrogen-bond donors (Lipinski definition) is 1. The summed E-state index contributed by atoms with van der Waals surface area (Å²) in [6.07, 6.45) is 5.01. The van der Waals surface area contributed by atoms with E-state index in [0.29, 0.717) is 17.8 Å². The number of nitrogens with two attached hydrogens (primary N) is 1. The molecule has 0 bridgehead atoms. The van der Waals surface area contributed by atoms with Crippen molar-refractivity contribution in [3.63, 3.8) is 0 Å². The molecule has 0 aliphatic carbocycles. The van der Waals surface area contributed by atoms with Crippen LogP contribution in [-0.4, -0.2) is 23.2 Å². The van der Waals surface area contributed by atoms with Crippen LogP contribution in [0.2, 0.25) is 0 Å². The van der Waals surface area contributed by atoms with Gasteiger partial charge in [0.05, 0.1) is 6.04 Å². The van der Waals surface area contributed by atoms with Gasteiger partial charge < -0.3 is 15.2 Å². The lowest BCUT2D eigenvalue weighted by Crippen LogP contribution is -2.25. The molecular formula is C12H22N4O. The number of rotatable bonds is 3. The van der Waals surface area contributed by atoms with Gasteiger partial charge in [0.25, 0.3) is 5.95 Å². The molecule has 1 aliphatic rings. The largest absolute Gasteiger partial charge is 0.338 e. The first kappa shape index (κ1) is 12.4. The van der Waals surface area contributed by atoms with Gasteiger partial charge in [-0.3, -0.25) is 0 Å². The van der Waals surface area contributed by atoms with Crippen molar-refractivity contribution < 1.29 is 4.52 Å². The van der Waals surface area contributed by atoms with E-state index in [1.165, 1.54) is 25.7 Å². The van der Waals surface area contributed by atoms with Crippen LogP contribution in [0.3, 0.4) is 0 Å². The van der Waals surface area contributed by atoms with E-state index in [1.807, 2.05) is 0 Å². The van der Waals surface area contributed by atoms with Crippen molar-refractivity contribution in [1.82, 2.24) is 10.1 Å². The first-order valence-corrected chi connectivity index (χ1v) is 6.52. The van der Waals surface area contributed by atoms with Crippen LogP contribution in [0, 0.1) is 5.92 Å². The molecule has 1 fully saturated rings. The molecule has 5 nitrogen and oxygen atoms in total. The van der Waals surface area contributed by atoms with E-state index in [2.05, 4.69) is 28.9 Å². The van der Waals surface area contributed by atoms with Crippen molar-refractivity contribution in [1.29, 1.82) is 0 Å². The molecule has 5 heteroatoms. The van der Waals surface area contributed by atoms with E-state index in [0.717, 1.165) is 13.1 Å². The van der Waals surface area contributed by atoms with E-state index in [1.54, 1.807) is 0 Å². The molecule has 2 heterocycles. The van der Waals surface area contributed by atoms with Gasteiger partial charge in [0.15, 0.2) is 0 Å². The Morgan fingerprint density at radius 1 is 1.18 bits per heavy atom. The Kier molecular flexibility index (Phi) is 3.99. The average Bonchev–Trinajstić information content (AvgIpc) is 2.64. The zero-order valence-corrected chi connectivity index (χ0v) is 10.7. The van der Waals surface area contributed by atoms with Crippen LogP contribution < -0.4 is 10.6 Å². The lowest BCUT2D eigenvalue weighted by molar-refractivity contribution is 0.324. The molecule has 1 atom stereocenters. The summed E-state index contributed by atoms with van der Waals surface area (Å²) in [5, 5.41) is 4.04. The first-order valence-electron chi connectivity index (χ1n) is 6.52. The summed E-state index contributed by atoms with van der Waals surface area (Å²) in [5.74, 6) is 1.57. The monoisotopic (exact) mass is 238 g/mol. The summed E-state index contributed by atoms with van der Waals surface area (Å²) in [6, 6.07) is -0.164. The predicted molar refractivity (Wildman–Crippen MR) is 66.7 cm³/mol. The maximum atomic E-state index is 6.00. The lowest BCUT2D eigenvalue weighted by atomic mass is 10.1. The molecule has 0 amide bonds. The fourth-order valence-electron chi connectivity index (χ4n) is 2.05. The van der Waals surface area contributed by atoms with Crippen LogP contribution in [0.15, 0.2) is 4.52 Å². The van der Waals surface area contributed by atoms with Gasteiger partial charge in [0.2, 0.25) is 5.89 Å². The molecule has 1 aromatic heterocycles. The van der Waals surface area contributed by atoms with Crippen molar-refractivity contribution in [3.8, 4) is 0 Å². The minimum atomic E-state index is -0.164. The topological polar surface area (TPSA) is 68.2 Å². The Morgan fingerprint density at radius 2 is 1.82 bits per heavy atom.